The van der Waals surface area contributed by atoms with Crippen molar-refractivity contribution in [3.8, 4) is 0 Å². The molecule has 1 aliphatic heterocycles. The summed E-state index contributed by atoms with van der Waals surface area (Å²) in [6.45, 7) is 8.68. The number of methoxy groups -OCH3 is 1. The van der Waals surface area contributed by atoms with E-state index in [1.54, 1.807) is 34.6 Å². The highest BCUT2D eigenvalue weighted by Crippen LogP contribution is 2.20. The molecule has 1 heterocycles. The standard InChI is InChI=1S/C16H24N2O5/c1-10(17-15(21)23-16(3,4)5)7-8-13(19)18-11(2)12(22-6)9-14(18)20/h7-11H,1-6H3,(H,17,21)/b8-7+/t10-,11-/m0/s1. The van der Waals surface area contributed by atoms with Crippen molar-refractivity contribution in [2.24, 2.45) is 0 Å². The molecule has 0 spiro atoms. The zero-order valence-electron chi connectivity index (χ0n) is 14.4. The summed E-state index contributed by atoms with van der Waals surface area (Å²) in [4.78, 5) is 36.6. The van der Waals surface area contributed by atoms with Crippen LogP contribution < -0.4 is 5.32 Å². The first kappa shape index (κ1) is 18.7. The SMILES string of the molecule is COC1=CC(=O)N(C(=O)/C=C/[C@H](C)NC(=O)OC(C)(C)C)[C@H]1C. The molecule has 0 saturated carbocycles. The summed E-state index contributed by atoms with van der Waals surface area (Å²) in [6.07, 6.45) is 3.47. The van der Waals surface area contributed by atoms with E-state index < -0.39 is 35.6 Å². The Morgan fingerprint density at radius 3 is 2.48 bits per heavy atom. The van der Waals surface area contributed by atoms with Crippen LogP contribution >= 0.6 is 0 Å². The summed E-state index contributed by atoms with van der Waals surface area (Å²) in [6, 6.07) is -0.865. The van der Waals surface area contributed by atoms with Gasteiger partial charge in [-0.05, 0) is 34.6 Å². The van der Waals surface area contributed by atoms with Crippen LogP contribution in [0.5, 0.6) is 0 Å². The van der Waals surface area contributed by atoms with Crippen molar-refractivity contribution in [3.05, 3.63) is 24.0 Å². The summed E-state index contributed by atoms with van der Waals surface area (Å²) in [5.74, 6) is -0.447. The molecule has 7 heteroatoms. The van der Waals surface area contributed by atoms with Gasteiger partial charge in [-0.3, -0.25) is 14.5 Å². The molecule has 0 bridgehead atoms. The lowest BCUT2D eigenvalue weighted by atomic mass is 10.2. The highest BCUT2D eigenvalue weighted by Gasteiger charge is 2.34. The topological polar surface area (TPSA) is 84.9 Å². The lowest BCUT2D eigenvalue weighted by molar-refractivity contribution is -0.139. The Morgan fingerprint density at radius 2 is 2.00 bits per heavy atom. The monoisotopic (exact) mass is 324 g/mol. The van der Waals surface area contributed by atoms with Gasteiger partial charge < -0.3 is 14.8 Å². The fourth-order valence-corrected chi connectivity index (χ4v) is 2.01. The van der Waals surface area contributed by atoms with Gasteiger partial charge >= 0.3 is 6.09 Å². The normalized spacial score (nSPS) is 19.6. The minimum Gasteiger partial charge on any atom is -0.499 e. The Bertz CT molecular complexity index is 545. The van der Waals surface area contributed by atoms with Gasteiger partial charge in [0.1, 0.15) is 11.4 Å². The molecule has 0 saturated heterocycles. The molecule has 7 nitrogen and oxygen atoms in total. The number of carbonyl (C=O) groups excluding carboxylic acids is 3. The average Bonchev–Trinajstić information content (AvgIpc) is 2.68. The molecule has 0 aromatic heterocycles. The van der Waals surface area contributed by atoms with Crippen molar-refractivity contribution >= 4 is 17.9 Å². The van der Waals surface area contributed by atoms with E-state index in [0.29, 0.717) is 5.76 Å². The Hall–Kier alpha value is -2.31. The van der Waals surface area contributed by atoms with Crippen molar-refractivity contribution in [2.45, 2.75) is 52.3 Å². The smallest absolute Gasteiger partial charge is 0.408 e. The quantitative estimate of drug-likeness (QED) is 0.796. The summed E-state index contributed by atoms with van der Waals surface area (Å²) in [5.41, 5.74) is -0.594. The minimum atomic E-state index is -0.594. The van der Waals surface area contributed by atoms with Gasteiger partial charge in [0.05, 0.1) is 13.2 Å². The Morgan fingerprint density at radius 1 is 1.39 bits per heavy atom. The number of rotatable bonds is 4. The van der Waals surface area contributed by atoms with Crippen LogP contribution in [0.3, 0.4) is 0 Å². The van der Waals surface area contributed by atoms with Crippen molar-refractivity contribution in [1.82, 2.24) is 10.2 Å². The molecule has 0 aromatic carbocycles. The number of amides is 3. The molecule has 0 aliphatic carbocycles. The molecule has 128 valence electrons. The molecule has 1 N–H and O–H groups in total. The zero-order valence-corrected chi connectivity index (χ0v) is 14.4. The summed E-state index contributed by atoms with van der Waals surface area (Å²) in [5, 5.41) is 2.58. The van der Waals surface area contributed by atoms with Crippen LogP contribution in [0, 0.1) is 0 Å². The maximum atomic E-state index is 12.1. The third-order valence-electron chi connectivity index (χ3n) is 3.05. The van der Waals surface area contributed by atoms with Crippen LogP contribution in [0.4, 0.5) is 4.79 Å². The number of carbonyl (C=O) groups is 3. The minimum absolute atomic E-state index is 0.420. The van der Waals surface area contributed by atoms with Crippen LogP contribution in [-0.2, 0) is 19.1 Å². The second-order valence-corrected chi connectivity index (χ2v) is 6.27. The predicted molar refractivity (Wildman–Crippen MR) is 84.4 cm³/mol. The van der Waals surface area contributed by atoms with E-state index in [1.165, 1.54) is 25.3 Å². The summed E-state index contributed by atoms with van der Waals surface area (Å²) in [7, 11) is 1.45. The molecular formula is C16H24N2O5. The maximum absolute atomic E-state index is 12.1. The van der Waals surface area contributed by atoms with E-state index in [-0.39, 0.29) is 0 Å². The average molecular weight is 324 g/mol. The fourth-order valence-electron chi connectivity index (χ4n) is 2.01. The highest BCUT2D eigenvalue weighted by molar-refractivity contribution is 6.07. The van der Waals surface area contributed by atoms with E-state index >= 15 is 0 Å². The highest BCUT2D eigenvalue weighted by atomic mass is 16.6. The maximum Gasteiger partial charge on any atom is 0.408 e. The van der Waals surface area contributed by atoms with E-state index in [4.69, 9.17) is 9.47 Å². The van der Waals surface area contributed by atoms with E-state index in [9.17, 15) is 14.4 Å². The van der Waals surface area contributed by atoms with Crippen LogP contribution in [0.1, 0.15) is 34.6 Å². The number of hydrogen-bond acceptors (Lipinski definition) is 5. The first-order valence-electron chi connectivity index (χ1n) is 7.35. The molecule has 0 unspecified atom stereocenters. The fraction of sp³-hybridized carbons (Fsp3) is 0.562. The number of nitrogens with one attached hydrogen (secondary N) is 1. The van der Waals surface area contributed by atoms with Gasteiger partial charge in [0.2, 0.25) is 0 Å². The number of nitrogens with zero attached hydrogens (tertiary/aromatic N) is 1. The van der Waals surface area contributed by atoms with Crippen LogP contribution in [0.2, 0.25) is 0 Å². The largest absolute Gasteiger partial charge is 0.499 e. The molecule has 0 fully saturated rings. The van der Waals surface area contributed by atoms with Gasteiger partial charge in [-0.2, -0.15) is 0 Å². The summed E-state index contributed by atoms with van der Waals surface area (Å²) < 4.78 is 10.2. The van der Waals surface area contributed by atoms with E-state index in [0.717, 1.165) is 4.90 Å². The second kappa shape index (κ2) is 7.30. The third-order valence-corrected chi connectivity index (χ3v) is 3.05. The molecule has 1 aliphatic rings. The number of hydrogen-bond donors (Lipinski definition) is 1. The molecular weight excluding hydrogens is 300 g/mol. The molecule has 23 heavy (non-hydrogen) atoms. The first-order chi connectivity index (χ1) is 10.5. The number of imide groups is 1. The van der Waals surface area contributed by atoms with Crippen LogP contribution in [0.25, 0.3) is 0 Å². The predicted octanol–water partition coefficient (Wildman–Crippen LogP) is 1.74. The lowest BCUT2D eigenvalue weighted by Gasteiger charge is -2.21. The Kier molecular flexibility index (Phi) is 5.95. The first-order valence-corrected chi connectivity index (χ1v) is 7.35. The van der Waals surface area contributed by atoms with Gasteiger partial charge in [-0.25, -0.2) is 4.79 Å². The van der Waals surface area contributed by atoms with Gasteiger partial charge in [0, 0.05) is 18.2 Å². The van der Waals surface area contributed by atoms with Crippen molar-refractivity contribution < 1.29 is 23.9 Å². The summed E-state index contributed by atoms with van der Waals surface area (Å²) >= 11 is 0. The second-order valence-electron chi connectivity index (χ2n) is 6.27. The van der Waals surface area contributed by atoms with E-state index in [2.05, 4.69) is 5.32 Å². The van der Waals surface area contributed by atoms with Crippen LogP contribution in [-0.4, -0.2) is 47.6 Å². The van der Waals surface area contributed by atoms with Gasteiger partial charge in [0.15, 0.2) is 0 Å². The van der Waals surface area contributed by atoms with Gasteiger partial charge in [-0.15, -0.1) is 0 Å². The molecule has 2 atom stereocenters. The van der Waals surface area contributed by atoms with E-state index in [1.807, 2.05) is 0 Å². The third kappa shape index (κ3) is 5.43. The number of alkyl carbamates (subject to hydrolysis) is 1. The van der Waals surface area contributed by atoms with Crippen molar-refractivity contribution in [1.29, 1.82) is 0 Å². The van der Waals surface area contributed by atoms with Crippen molar-refractivity contribution in [2.75, 3.05) is 7.11 Å². The Balaban J connectivity index is 2.59. The molecule has 3 amide bonds. The van der Waals surface area contributed by atoms with Crippen molar-refractivity contribution in [3.63, 3.8) is 0 Å². The molecule has 1 rings (SSSR count). The zero-order chi connectivity index (χ0) is 17.8. The Labute approximate surface area is 136 Å². The van der Waals surface area contributed by atoms with Crippen LogP contribution in [0.15, 0.2) is 24.0 Å². The van der Waals surface area contributed by atoms with Gasteiger partial charge in [0.25, 0.3) is 11.8 Å². The number of ether oxygens (including phenoxy) is 2. The molecule has 0 aromatic rings. The molecule has 0 radical (unpaired) electrons. The van der Waals surface area contributed by atoms with Gasteiger partial charge in [-0.1, -0.05) is 6.08 Å². The lowest BCUT2D eigenvalue weighted by Crippen LogP contribution is -2.39.